The van der Waals surface area contributed by atoms with E-state index in [1.807, 2.05) is 6.92 Å². The Morgan fingerprint density at radius 3 is 2.58 bits per heavy atom. The number of carbonyl (C=O) groups is 1. The third kappa shape index (κ3) is 1.22. The van der Waals surface area contributed by atoms with Gasteiger partial charge in [-0.2, -0.15) is 0 Å². The minimum atomic E-state index is -0.325. The standard InChI is InChI=1S/C9H18N2O/c1-3-9(8(10)12)6-5-7-11(9)4-2/h3-7H2,1-2H3,(H2,10,12). The topological polar surface area (TPSA) is 46.3 Å². The maximum Gasteiger partial charge on any atom is 0.237 e. The van der Waals surface area contributed by atoms with E-state index in [0.717, 1.165) is 32.4 Å². The molecule has 1 fully saturated rings. The molecule has 0 aromatic carbocycles. The van der Waals surface area contributed by atoms with Crippen molar-refractivity contribution in [3.8, 4) is 0 Å². The van der Waals surface area contributed by atoms with E-state index >= 15 is 0 Å². The van der Waals surface area contributed by atoms with Gasteiger partial charge in [-0.05, 0) is 32.4 Å². The van der Waals surface area contributed by atoms with Gasteiger partial charge in [0, 0.05) is 0 Å². The van der Waals surface area contributed by atoms with Crippen LogP contribution in [0.5, 0.6) is 0 Å². The third-order valence-corrected chi connectivity index (χ3v) is 3.05. The van der Waals surface area contributed by atoms with E-state index in [9.17, 15) is 4.79 Å². The molecule has 0 aliphatic carbocycles. The molecule has 1 aliphatic heterocycles. The summed E-state index contributed by atoms with van der Waals surface area (Å²) < 4.78 is 0. The van der Waals surface area contributed by atoms with Crippen LogP contribution in [0.2, 0.25) is 0 Å². The van der Waals surface area contributed by atoms with Gasteiger partial charge in [0.15, 0.2) is 0 Å². The maximum absolute atomic E-state index is 11.3. The molecule has 0 aromatic heterocycles. The molecule has 0 radical (unpaired) electrons. The zero-order valence-corrected chi connectivity index (χ0v) is 7.97. The number of carbonyl (C=O) groups excluding carboxylic acids is 1. The molecule has 1 saturated heterocycles. The molecule has 1 unspecified atom stereocenters. The molecule has 0 spiro atoms. The van der Waals surface area contributed by atoms with Gasteiger partial charge in [0.2, 0.25) is 5.91 Å². The fourth-order valence-corrected chi connectivity index (χ4v) is 2.25. The molecule has 1 heterocycles. The van der Waals surface area contributed by atoms with Gasteiger partial charge in [0.25, 0.3) is 0 Å². The van der Waals surface area contributed by atoms with E-state index in [2.05, 4.69) is 11.8 Å². The molecule has 0 aromatic rings. The lowest BCUT2D eigenvalue weighted by Gasteiger charge is -2.33. The molecule has 0 bridgehead atoms. The SMILES string of the molecule is CCN1CCCC1(CC)C(N)=O. The number of rotatable bonds is 3. The molecule has 1 amide bonds. The zero-order valence-electron chi connectivity index (χ0n) is 7.97. The fourth-order valence-electron chi connectivity index (χ4n) is 2.25. The molecule has 12 heavy (non-hydrogen) atoms. The van der Waals surface area contributed by atoms with Gasteiger partial charge in [-0.15, -0.1) is 0 Å². The van der Waals surface area contributed by atoms with Crippen molar-refractivity contribution in [3.05, 3.63) is 0 Å². The summed E-state index contributed by atoms with van der Waals surface area (Å²) in [6, 6.07) is 0. The first kappa shape index (κ1) is 9.52. The number of likely N-dealkylation sites (tertiary alicyclic amines) is 1. The van der Waals surface area contributed by atoms with Crippen molar-refractivity contribution < 1.29 is 4.79 Å². The van der Waals surface area contributed by atoms with Crippen LogP contribution in [0.15, 0.2) is 0 Å². The van der Waals surface area contributed by atoms with E-state index in [1.54, 1.807) is 0 Å². The van der Waals surface area contributed by atoms with Crippen molar-refractivity contribution in [3.63, 3.8) is 0 Å². The molecule has 1 aliphatic rings. The highest BCUT2D eigenvalue weighted by molar-refractivity contribution is 5.84. The second-order valence-electron chi connectivity index (χ2n) is 3.43. The number of likely N-dealkylation sites (N-methyl/N-ethyl adjacent to an activating group) is 1. The second-order valence-corrected chi connectivity index (χ2v) is 3.43. The largest absolute Gasteiger partial charge is 0.368 e. The summed E-state index contributed by atoms with van der Waals surface area (Å²) in [5.74, 6) is -0.149. The Bertz CT molecular complexity index is 181. The van der Waals surface area contributed by atoms with Crippen LogP contribution < -0.4 is 5.73 Å². The second kappa shape index (κ2) is 3.44. The average molecular weight is 170 g/mol. The van der Waals surface area contributed by atoms with Gasteiger partial charge in [-0.1, -0.05) is 13.8 Å². The summed E-state index contributed by atoms with van der Waals surface area (Å²) in [5, 5.41) is 0. The van der Waals surface area contributed by atoms with E-state index in [-0.39, 0.29) is 11.4 Å². The molecular formula is C9H18N2O. The van der Waals surface area contributed by atoms with Gasteiger partial charge >= 0.3 is 0 Å². The van der Waals surface area contributed by atoms with Crippen molar-refractivity contribution >= 4 is 5.91 Å². The Morgan fingerprint density at radius 1 is 1.58 bits per heavy atom. The first-order valence-corrected chi connectivity index (χ1v) is 4.72. The predicted molar refractivity (Wildman–Crippen MR) is 48.7 cm³/mol. The van der Waals surface area contributed by atoms with Crippen molar-refractivity contribution in [1.82, 2.24) is 4.90 Å². The molecule has 3 nitrogen and oxygen atoms in total. The lowest BCUT2D eigenvalue weighted by molar-refractivity contribution is -0.128. The quantitative estimate of drug-likeness (QED) is 0.679. The van der Waals surface area contributed by atoms with Crippen LogP contribution in [0, 0.1) is 0 Å². The van der Waals surface area contributed by atoms with E-state index in [0.29, 0.717) is 0 Å². The number of hydrogen-bond acceptors (Lipinski definition) is 2. The van der Waals surface area contributed by atoms with Crippen LogP contribution in [-0.4, -0.2) is 29.4 Å². The van der Waals surface area contributed by atoms with E-state index in [1.165, 1.54) is 0 Å². The Kier molecular flexibility index (Phi) is 2.73. The molecule has 2 N–H and O–H groups in total. The molecular weight excluding hydrogens is 152 g/mol. The minimum Gasteiger partial charge on any atom is -0.368 e. The monoisotopic (exact) mass is 170 g/mol. The summed E-state index contributed by atoms with van der Waals surface area (Å²) >= 11 is 0. The van der Waals surface area contributed by atoms with Gasteiger partial charge in [0.1, 0.15) is 0 Å². The maximum atomic E-state index is 11.3. The number of hydrogen-bond donors (Lipinski definition) is 1. The lowest BCUT2D eigenvalue weighted by Crippen LogP contribution is -2.53. The third-order valence-electron chi connectivity index (χ3n) is 3.05. The summed E-state index contributed by atoms with van der Waals surface area (Å²) in [5.41, 5.74) is 5.10. The highest BCUT2D eigenvalue weighted by atomic mass is 16.1. The summed E-state index contributed by atoms with van der Waals surface area (Å²) in [6.45, 7) is 6.07. The first-order chi connectivity index (χ1) is 5.67. The Morgan fingerprint density at radius 2 is 2.25 bits per heavy atom. The molecule has 1 rings (SSSR count). The van der Waals surface area contributed by atoms with Crippen LogP contribution in [0.3, 0.4) is 0 Å². The zero-order chi connectivity index (χ0) is 9.19. The first-order valence-electron chi connectivity index (χ1n) is 4.72. The average Bonchev–Trinajstić information content (AvgIpc) is 2.47. The Balaban J connectivity index is 2.83. The fraction of sp³-hybridized carbons (Fsp3) is 0.889. The number of primary amides is 1. The number of nitrogens with two attached hydrogens (primary N) is 1. The summed E-state index contributed by atoms with van der Waals surface area (Å²) in [4.78, 5) is 13.5. The highest BCUT2D eigenvalue weighted by Gasteiger charge is 2.43. The van der Waals surface area contributed by atoms with Crippen molar-refractivity contribution in [2.75, 3.05) is 13.1 Å². The summed E-state index contributed by atoms with van der Waals surface area (Å²) in [6.07, 6.45) is 2.88. The highest BCUT2D eigenvalue weighted by Crippen LogP contribution is 2.31. The van der Waals surface area contributed by atoms with E-state index < -0.39 is 0 Å². The number of amides is 1. The van der Waals surface area contributed by atoms with Crippen LogP contribution in [0.4, 0.5) is 0 Å². The number of nitrogens with zero attached hydrogens (tertiary/aromatic N) is 1. The smallest absolute Gasteiger partial charge is 0.237 e. The van der Waals surface area contributed by atoms with Crippen molar-refractivity contribution in [2.24, 2.45) is 5.73 Å². The van der Waals surface area contributed by atoms with Crippen LogP contribution in [0.25, 0.3) is 0 Å². The molecule has 1 atom stereocenters. The van der Waals surface area contributed by atoms with Gasteiger partial charge in [-0.3, -0.25) is 9.69 Å². The normalized spacial score (nSPS) is 30.8. The molecule has 3 heteroatoms. The molecule has 0 saturated carbocycles. The van der Waals surface area contributed by atoms with Crippen molar-refractivity contribution in [1.29, 1.82) is 0 Å². The van der Waals surface area contributed by atoms with Crippen LogP contribution in [0.1, 0.15) is 33.1 Å². The Hall–Kier alpha value is -0.570. The van der Waals surface area contributed by atoms with E-state index in [4.69, 9.17) is 5.73 Å². The lowest BCUT2D eigenvalue weighted by atomic mass is 9.92. The van der Waals surface area contributed by atoms with Crippen LogP contribution in [-0.2, 0) is 4.79 Å². The van der Waals surface area contributed by atoms with Gasteiger partial charge < -0.3 is 5.73 Å². The van der Waals surface area contributed by atoms with Crippen LogP contribution >= 0.6 is 0 Å². The van der Waals surface area contributed by atoms with Gasteiger partial charge in [0.05, 0.1) is 5.54 Å². The minimum absolute atomic E-state index is 0.149. The van der Waals surface area contributed by atoms with Gasteiger partial charge in [-0.25, -0.2) is 0 Å². The summed E-state index contributed by atoms with van der Waals surface area (Å²) in [7, 11) is 0. The Labute approximate surface area is 73.9 Å². The van der Waals surface area contributed by atoms with Crippen molar-refractivity contribution in [2.45, 2.75) is 38.6 Å². The molecule has 70 valence electrons. The predicted octanol–water partition coefficient (Wildman–Crippen LogP) is 0.736.